The van der Waals surface area contributed by atoms with Gasteiger partial charge in [0.25, 0.3) is 0 Å². The molecule has 0 aromatic heterocycles. The van der Waals surface area contributed by atoms with Crippen LogP contribution in [0.15, 0.2) is 24.3 Å². The molecule has 0 bridgehead atoms. The molecule has 1 aromatic carbocycles. The van der Waals surface area contributed by atoms with Crippen LogP contribution in [0.3, 0.4) is 0 Å². The fourth-order valence-corrected chi connectivity index (χ4v) is 2.30. The smallest absolute Gasteiger partial charge is 0.159 e. The lowest BCUT2D eigenvalue weighted by molar-refractivity contribution is 0.101. The summed E-state index contributed by atoms with van der Waals surface area (Å²) in [4.78, 5) is 11.2. The fourth-order valence-electron chi connectivity index (χ4n) is 2.30. The van der Waals surface area contributed by atoms with Crippen LogP contribution in [0, 0.1) is 17.8 Å². The molecule has 2 heteroatoms. The number of nitrogens with one attached hydrogen (secondary N) is 1. The molecule has 0 spiro atoms. The van der Waals surface area contributed by atoms with Crippen molar-refractivity contribution >= 4 is 11.5 Å². The van der Waals surface area contributed by atoms with Gasteiger partial charge in [-0.05, 0) is 48.9 Å². The molecule has 0 heterocycles. The minimum Gasteiger partial charge on any atom is -0.385 e. The van der Waals surface area contributed by atoms with Crippen molar-refractivity contribution in [1.29, 1.82) is 0 Å². The van der Waals surface area contributed by atoms with Gasteiger partial charge < -0.3 is 5.32 Å². The first kappa shape index (κ1) is 14.7. The largest absolute Gasteiger partial charge is 0.385 e. The molecule has 0 aliphatic heterocycles. The Morgan fingerprint density at radius 2 is 1.56 bits per heavy atom. The molecule has 0 amide bonds. The van der Waals surface area contributed by atoms with E-state index in [2.05, 4.69) is 33.0 Å². The van der Waals surface area contributed by atoms with E-state index in [-0.39, 0.29) is 5.78 Å². The van der Waals surface area contributed by atoms with Crippen molar-refractivity contribution in [2.45, 2.75) is 34.6 Å². The Balaban J connectivity index is 2.60. The number of ketones is 1. The summed E-state index contributed by atoms with van der Waals surface area (Å²) >= 11 is 0. The minimum atomic E-state index is 0.115. The van der Waals surface area contributed by atoms with Crippen molar-refractivity contribution in [2.24, 2.45) is 17.8 Å². The van der Waals surface area contributed by atoms with Crippen LogP contribution in [0.5, 0.6) is 0 Å². The van der Waals surface area contributed by atoms with E-state index in [1.165, 1.54) is 0 Å². The quantitative estimate of drug-likeness (QED) is 0.762. The maximum Gasteiger partial charge on any atom is 0.159 e. The van der Waals surface area contributed by atoms with Gasteiger partial charge in [0.2, 0.25) is 0 Å². The molecular weight excluding hydrogens is 222 g/mol. The third kappa shape index (κ3) is 4.17. The lowest BCUT2D eigenvalue weighted by Gasteiger charge is -2.25. The number of hydrogen-bond acceptors (Lipinski definition) is 2. The number of Topliss-reactive ketones (excluding diaryl/α,β-unsaturated/α-hetero) is 1. The van der Waals surface area contributed by atoms with E-state index >= 15 is 0 Å². The van der Waals surface area contributed by atoms with Gasteiger partial charge in [-0.2, -0.15) is 0 Å². The molecule has 0 radical (unpaired) electrons. The normalized spacial score (nSPS) is 11.3. The van der Waals surface area contributed by atoms with Crippen LogP contribution in [0.25, 0.3) is 0 Å². The predicted molar refractivity (Wildman–Crippen MR) is 78.1 cm³/mol. The second-order valence-corrected chi connectivity index (χ2v) is 5.67. The van der Waals surface area contributed by atoms with Crippen molar-refractivity contribution in [3.63, 3.8) is 0 Å². The number of anilines is 1. The first-order chi connectivity index (χ1) is 8.41. The molecule has 0 saturated heterocycles. The van der Waals surface area contributed by atoms with E-state index in [0.29, 0.717) is 17.8 Å². The molecule has 0 aliphatic carbocycles. The average molecular weight is 247 g/mol. The molecule has 0 saturated carbocycles. The van der Waals surface area contributed by atoms with Crippen LogP contribution in [0.1, 0.15) is 45.0 Å². The summed E-state index contributed by atoms with van der Waals surface area (Å²) in [5.74, 6) is 2.13. The van der Waals surface area contributed by atoms with Gasteiger partial charge >= 0.3 is 0 Å². The number of hydrogen-bond donors (Lipinski definition) is 1. The topological polar surface area (TPSA) is 29.1 Å². The van der Waals surface area contributed by atoms with Gasteiger partial charge in [-0.15, -0.1) is 0 Å². The minimum absolute atomic E-state index is 0.115. The first-order valence-electron chi connectivity index (χ1n) is 6.76. The third-order valence-corrected chi connectivity index (χ3v) is 3.55. The van der Waals surface area contributed by atoms with Gasteiger partial charge in [-0.1, -0.05) is 27.7 Å². The lowest BCUT2D eigenvalue weighted by atomic mass is 9.85. The molecule has 0 atom stereocenters. The van der Waals surface area contributed by atoms with Gasteiger partial charge in [0, 0.05) is 17.8 Å². The van der Waals surface area contributed by atoms with Gasteiger partial charge in [0.05, 0.1) is 0 Å². The van der Waals surface area contributed by atoms with Crippen LogP contribution in [0.4, 0.5) is 5.69 Å². The van der Waals surface area contributed by atoms with Crippen LogP contribution >= 0.6 is 0 Å². The summed E-state index contributed by atoms with van der Waals surface area (Å²) in [6.07, 6.45) is 0. The summed E-state index contributed by atoms with van der Waals surface area (Å²) in [6, 6.07) is 7.72. The monoisotopic (exact) mass is 247 g/mol. The summed E-state index contributed by atoms with van der Waals surface area (Å²) in [5.41, 5.74) is 1.86. The second kappa shape index (κ2) is 6.58. The van der Waals surface area contributed by atoms with Gasteiger partial charge in [0.1, 0.15) is 0 Å². The first-order valence-corrected chi connectivity index (χ1v) is 6.76. The van der Waals surface area contributed by atoms with Crippen LogP contribution in [0.2, 0.25) is 0 Å². The molecule has 2 nitrogen and oxygen atoms in total. The molecule has 0 unspecified atom stereocenters. The molecular formula is C16H25NO. The maximum absolute atomic E-state index is 11.2. The SMILES string of the molecule is CC(=O)c1ccc(NCC(C(C)C)C(C)C)cc1. The van der Waals surface area contributed by atoms with Gasteiger partial charge in [-0.25, -0.2) is 0 Å². The van der Waals surface area contributed by atoms with E-state index in [1.54, 1.807) is 6.92 Å². The lowest BCUT2D eigenvalue weighted by Crippen LogP contribution is -2.24. The summed E-state index contributed by atoms with van der Waals surface area (Å²) in [6.45, 7) is 11.7. The van der Waals surface area contributed by atoms with Crippen molar-refractivity contribution in [3.8, 4) is 0 Å². The van der Waals surface area contributed by atoms with E-state index < -0.39 is 0 Å². The number of carbonyl (C=O) groups excluding carboxylic acids is 1. The molecule has 1 rings (SSSR count). The van der Waals surface area contributed by atoms with E-state index in [9.17, 15) is 4.79 Å². The standard InChI is InChI=1S/C16H25NO/c1-11(2)16(12(3)4)10-17-15-8-6-14(7-9-15)13(5)18/h6-9,11-12,16-17H,10H2,1-5H3. The van der Waals surface area contributed by atoms with Crippen molar-refractivity contribution in [3.05, 3.63) is 29.8 Å². The van der Waals surface area contributed by atoms with E-state index in [4.69, 9.17) is 0 Å². The Morgan fingerprint density at radius 1 is 1.06 bits per heavy atom. The summed E-state index contributed by atoms with van der Waals surface area (Å²) in [7, 11) is 0. The van der Waals surface area contributed by atoms with Crippen LogP contribution in [-0.4, -0.2) is 12.3 Å². The molecule has 100 valence electrons. The number of benzene rings is 1. The van der Waals surface area contributed by atoms with E-state index in [1.807, 2.05) is 24.3 Å². The van der Waals surface area contributed by atoms with Gasteiger partial charge in [-0.3, -0.25) is 4.79 Å². The average Bonchev–Trinajstić information content (AvgIpc) is 2.28. The highest BCUT2D eigenvalue weighted by Gasteiger charge is 2.16. The highest BCUT2D eigenvalue weighted by molar-refractivity contribution is 5.94. The highest BCUT2D eigenvalue weighted by Crippen LogP contribution is 2.21. The number of rotatable bonds is 6. The molecule has 1 aromatic rings. The highest BCUT2D eigenvalue weighted by atomic mass is 16.1. The van der Waals surface area contributed by atoms with Crippen LogP contribution in [-0.2, 0) is 0 Å². The molecule has 0 aliphatic rings. The molecule has 18 heavy (non-hydrogen) atoms. The predicted octanol–water partition coefficient (Wildman–Crippen LogP) is 4.23. The number of carbonyl (C=O) groups is 1. The molecule has 1 N–H and O–H groups in total. The Bertz CT molecular complexity index is 371. The summed E-state index contributed by atoms with van der Waals surface area (Å²) < 4.78 is 0. The third-order valence-electron chi connectivity index (χ3n) is 3.55. The Morgan fingerprint density at radius 3 is 1.94 bits per heavy atom. The van der Waals surface area contributed by atoms with E-state index in [0.717, 1.165) is 17.8 Å². The Hall–Kier alpha value is -1.31. The zero-order valence-corrected chi connectivity index (χ0v) is 12.2. The van der Waals surface area contributed by atoms with Crippen molar-refractivity contribution in [2.75, 3.05) is 11.9 Å². The van der Waals surface area contributed by atoms with Crippen molar-refractivity contribution < 1.29 is 4.79 Å². The molecule has 0 fully saturated rings. The zero-order chi connectivity index (χ0) is 13.7. The zero-order valence-electron chi connectivity index (χ0n) is 12.2. The second-order valence-electron chi connectivity index (χ2n) is 5.67. The van der Waals surface area contributed by atoms with Gasteiger partial charge in [0.15, 0.2) is 5.78 Å². The fraction of sp³-hybridized carbons (Fsp3) is 0.562. The Kier molecular flexibility index (Phi) is 5.39. The van der Waals surface area contributed by atoms with Crippen molar-refractivity contribution in [1.82, 2.24) is 0 Å². The van der Waals surface area contributed by atoms with Crippen LogP contribution < -0.4 is 5.32 Å². The Labute approximate surface area is 111 Å². The summed E-state index contributed by atoms with van der Waals surface area (Å²) in [5, 5.41) is 3.46. The maximum atomic E-state index is 11.2.